The molecule has 4 rings (SSSR count). The number of nitrogens with zero attached hydrogens (tertiary/aromatic N) is 3. The Morgan fingerprint density at radius 2 is 1.75 bits per heavy atom. The maximum atomic E-state index is 4.57. The van der Waals surface area contributed by atoms with Gasteiger partial charge in [0, 0.05) is 18.9 Å². The molecule has 0 bridgehead atoms. The Morgan fingerprint density at radius 1 is 0.917 bits per heavy atom. The van der Waals surface area contributed by atoms with Crippen molar-refractivity contribution in [2.24, 2.45) is 7.05 Å². The third kappa shape index (κ3) is 2.42. The van der Waals surface area contributed by atoms with Crippen molar-refractivity contribution in [2.45, 2.75) is 6.92 Å². The third-order valence-corrected chi connectivity index (χ3v) is 4.28. The van der Waals surface area contributed by atoms with Gasteiger partial charge in [0.25, 0.3) is 0 Å². The van der Waals surface area contributed by atoms with Crippen LogP contribution in [0.15, 0.2) is 66.9 Å². The standard InChI is InChI=1S/C20H18N4/c1-14-16(15-8-4-3-5-9-15)10-6-11-17(14)22-20-19-18(24(2)23-20)12-7-13-21-19/h3-13H,1-2H3,(H,22,23). The molecule has 2 heterocycles. The van der Waals surface area contributed by atoms with Crippen molar-refractivity contribution in [1.82, 2.24) is 14.8 Å². The molecule has 2 aromatic heterocycles. The minimum absolute atomic E-state index is 0.779. The highest BCUT2D eigenvalue weighted by Crippen LogP contribution is 2.31. The molecule has 0 atom stereocenters. The van der Waals surface area contributed by atoms with Gasteiger partial charge in [0.15, 0.2) is 5.82 Å². The number of aromatic nitrogens is 3. The van der Waals surface area contributed by atoms with Crippen LogP contribution in [0.5, 0.6) is 0 Å². The van der Waals surface area contributed by atoms with Gasteiger partial charge in [0.2, 0.25) is 0 Å². The molecule has 4 aromatic rings. The number of nitrogens with one attached hydrogen (secondary N) is 1. The van der Waals surface area contributed by atoms with E-state index in [2.05, 4.69) is 64.8 Å². The van der Waals surface area contributed by atoms with Gasteiger partial charge in [-0.05, 0) is 41.8 Å². The predicted molar refractivity (Wildman–Crippen MR) is 98.4 cm³/mol. The van der Waals surface area contributed by atoms with E-state index in [4.69, 9.17) is 0 Å². The van der Waals surface area contributed by atoms with Gasteiger partial charge in [-0.25, -0.2) is 0 Å². The van der Waals surface area contributed by atoms with Gasteiger partial charge in [0.05, 0.1) is 5.52 Å². The summed E-state index contributed by atoms with van der Waals surface area (Å²) in [6, 6.07) is 20.6. The van der Waals surface area contributed by atoms with Crippen LogP contribution in [0.25, 0.3) is 22.2 Å². The Hall–Kier alpha value is -3.14. The van der Waals surface area contributed by atoms with Crippen molar-refractivity contribution in [3.8, 4) is 11.1 Å². The molecule has 24 heavy (non-hydrogen) atoms. The van der Waals surface area contributed by atoms with E-state index in [9.17, 15) is 0 Å². The molecule has 1 N–H and O–H groups in total. The van der Waals surface area contributed by atoms with E-state index in [1.165, 1.54) is 16.7 Å². The van der Waals surface area contributed by atoms with Gasteiger partial charge in [-0.3, -0.25) is 9.67 Å². The molecular weight excluding hydrogens is 296 g/mol. The Labute approximate surface area is 140 Å². The summed E-state index contributed by atoms with van der Waals surface area (Å²) in [6.07, 6.45) is 1.79. The van der Waals surface area contributed by atoms with Crippen LogP contribution in [0.1, 0.15) is 5.56 Å². The fourth-order valence-electron chi connectivity index (χ4n) is 3.00. The number of pyridine rings is 1. The van der Waals surface area contributed by atoms with E-state index in [1.54, 1.807) is 6.20 Å². The molecule has 0 aliphatic heterocycles. The molecule has 0 saturated heterocycles. The first-order valence-corrected chi connectivity index (χ1v) is 7.94. The van der Waals surface area contributed by atoms with Crippen LogP contribution in [0.4, 0.5) is 11.5 Å². The number of aryl methyl sites for hydroxylation is 1. The Balaban J connectivity index is 1.78. The summed E-state index contributed by atoms with van der Waals surface area (Å²) in [5.41, 5.74) is 6.55. The first-order chi connectivity index (χ1) is 11.7. The summed E-state index contributed by atoms with van der Waals surface area (Å²) in [6.45, 7) is 2.13. The number of fused-ring (bicyclic) bond motifs is 1. The van der Waals surface area contributed by atoms with Crippen LogP contribution in [-0.2, 0) is 7.05 Å². The average molecular weight is 314 g/mol. The first-order valence-electron chi connectivity index (χ1n) is 7.94. The Bertz CT molecular complexity index is 1000. The van der Waals surface area contributed by atoms with Crippen LogP contribution in [0.2, 0.25) is 0 Å². The van der Waals surface area contributed by atoms with Crippen molar-refractivity contribution in [2.75, 3.05) is 5.32 Å². The summed E-state index contributed by atoms with van der Waals surface area (Å²) in [4.78, 5) is 4.46. The largest absolute Gasteiger partial charge is 0.337 e. The van der Waals surface area contributed by atoms with Crippen LogP contribution in [-0.4, -0.2) is 14.8 Å². The zero-order chi connectivity index (χ0) is 16.5. The van der Waals surface area contributed by atoms with Gasteiger partial charge < -0.3 is 5.32 Å². The van der Waals surface area contributed by atoms with Crippen LogP contribution in [0.3, 0.4) is 0 Å². The van der Waals surface area contributed by atoms with Gasteiger partial charge in [-0.1, -0.05) is 42.5 Å². The van der Waals surface area contributed by atoms with E-state index >= 15 is 0 Å². The second-order valence-electron chi connectivity index (χ2n) is 5.81. The highest BCUT2D eigenvalue weighted by molar-refractivity contribution is 5.89. The van der Waals surface area contributed by atoms with Crippen LogP contribution < -0.4 is 5.32 Å². The lowest BCUT2D eigenvalue weighted by molar-refractivity contribution is 0.801. The molecule has 0 fully saturated rings. The Kier molecular flexibility index (Phi) is 3.50. The quantitative estimate of drug-likeness (QED) is 0.596. The maximum Gasteiger partial charge on any atom is 0.179 e. The zero-order valence-corrected chi connectivity index (χ0v) is 13.7. The molecule has 0 spiro atoms. The van der Waals surface area contributed by atoms with Crippen molar-refractivity contribution in [3.05, 3.63) is 72.4 Å². The third-order valence-electron chi connectivity index (χ3n) is 4.28. The highest BCUT2D eigenvalue weighted by atomic mass is 15.3. The second-order valence-corrected chi connectivity index (χ2v) is 5.81. The number of rotatable bonds is 3. The minimum Gasteiger partial charge on any atom is -0.337 e. The number of benzene rings is 2. The van der Waals surface area contributed by atoms with Crippen LogP contribution in [0, 0.1) is 6.92 Å². The molecule has 0 aliphatic rings. The second kappa shape index (κ2) is 5.81. The molecule has 0 radical (unpaired) electrons. The van der Waals surface area contributed by atoms with Crippen molar-refractivity contribution in [3.63, 3.8) is 0 Å². The Morgan fingerprint density at radius 3 is 2.58 bits per heavy atom. The predicted octanol–water partition coefficient (Wildman–Crippen LogP) is 4.69. The molecular formula is C20H18N4. The van der Waals surface area contributed by atoms with Crippen molar-refractivity contribution in [1.29, 1.82) is 0 Å². The highest BCUT2D eigenvalue weighted by Gasteiger charge is 2.12. The lowest BCUT2D eigenvalue weighted by atomic mass is 9.99. The lowest BCUT2D eigenvalue weighted by Gasteiger charge is -2.12. The summed E-state index contributed by atoms with van der Waals surface area (Å²) in [5.74, 6) is 0.779. The molecule has 0 amide bonds. The topological polar surface area (TPSA) is 42.7 Å². The van der Waals surface area contributed by atoms with Crippen molar-refractivity contribution >= 4 is 22.5 Å². The monoisotopic (exact) mass is 314 g/mol. The van der Waals surface area contributed by atoms with E-state index in [1.807, 2.05) is 29.9 Å². The number of anilines is 2. The molecule has 0 aliphatic carbocycles. The number of hydrogen-bond acceptors (Lipinski definition) is 3. The molecule has 0 unspecified atom stereocenters. The smallest absolute Gasteiger partial charge is 0.179 e. The number of hydrogen-bond donors (Lipinski definition) is 1. The summed E-state index contributed by atoms with van der Waals surface area (Å²) in [5, 5.41) is 8.02. The fraction of sp³-hybridized carbons (Fsp3) is 0.100. The normalized spacial score (nSPS) is 10.9. The lowest BCUT2D eigenvalue weighted by Crippen LogP contribution is -1.97. The first kappa shape index (κ1) is 14.5. The van der Waals surface area contributed by atoms with E-state index in [0.717, 1.165) is 22.5 Å². The zero-order valence-electron chi connectivity index (χ0n) is 13.7. The summed E-state index contributed by atoms with van der Waals surface area (Å²) < 4.78 is 1.85. The summed E-state index contributed by atoms with van der Waals surface area (Å²) in [7, 11) is 1.93. The molecule has 2 aromatic carbocycles. The molecule has 4 nitrogen and oxygen atoms in total. The van der Waals surface area contributed by atoms with Gasteiger partial charge >= 0.3 is 0 Å². The SMILES string of the molecule is Cc1c(Nc2nn(C)c3cccnc23)cccc1-c1ccccc1. The van der Waals surface area contributed by atoms with Crippen molar-refractivity contribution < 1.29 is 0 Å². The van der Waals surface area contributed by atoms with Crippen LogP contribution >= 0.6 is 0 Å². The molecule has 0 saturated carbocycles. The fourth-order valence-corrected chi connectivity index (χ4v) is 3.00. The maximum absolute atomic E-state index is 4.57. The van der Waals surface area contributed by atoms with Gasteiger partial charge in [-0.2, -0.15) is 5.10 Å². The molecule has 118 valence electrons. The molecule has 4 heteroatoms. The van der Waals surface area contributed by atoms with Gasteiger partial charge in [0.1, 0.15) is 5.52 Å². The van der Waals surface area contributed by atoms with E-state index in [0.29, 0.717) is 0 Å². The van der Waals surface area contributed by atoms with E-state index in [-0.39, 0.29) is 0 Å². The average Bonchev–Trinajstić information content (AvgIpc) is 2.94. The van der Waals surface area contributed by atoms with E-state index < -0.39 is 0 Å². The minimum atomic E-state index is 0.779. The summed E-state index contributed by atoms with van der Waals surface area (Å²) >= 11 is 0. The van der Waals surface area contributed by atoms with Gasteiger partial charge in [-0.15, -0.1) is 0 Å².